The molecule has 0 unspecified atom stereocenters. The van der Waals surface area contributed by atoms with Gasteiger partial charge in [0.15, 0.2) is 0 Å². The Kier molecular flexibility index (Phi) is 6.38. The summed E-state index contributed by atoms with van der Waals surface area (Å²) in [5, 5.41) is 0. The minimum absolute atomic E-state index is 0.0113. The largest absolute Gasteiger partial charge is 0.207 e. The van der Waals surface area contributed by atoms with Crippen molar-refractivity contribution in [2.24, 2.45) is 17.8 Å². The van der Waals surface area contributed by atoms with E-state index in [1.165, 1.54) is 56.9 Å². The highest BCUT2D eigenvalue weighted by atomic mass is 35.5. The molecule has 2 aliphatic carbocycles. The summed E-state index contributed by atoms with van der Waals surface area (Å²) in [5.41, 5.74) is 3.76. The van der Waals surface area contributed by atoms with Gasteiger partial charge in [-0.25, -0.2) is 4.39 Å². The molecule has 1 aromatic carbocycles. The lowest BCUT2D eigenvalue weighted by Crippen LogP contribution is -2.25. The average molecular weight is 349 g/mol. The summed E-state index contributed by atoms with van der Waals surface area (Å²) in [5.74, 6) is 3.06. The van der Waals surface area contributed by atoms with Crippen LogP contribution in [0.3, 0.4) is 0 Å². The first kappa shape index (κ1) is 18.0. The van der Waals surface area contributed by atoms with E-state index >= 15 is 0 Å². The zero-order chi connectivity index (χ0) is 16.9. The van der Waals surface area contributed by atoms with Crippen LogP contribution in [0, 0.1) is 23.6 Å². The Bertz CT molecular complexity index is 549. The third kappa shape index (κ3) is 4.23. The summed E-state index contributed by atoms with van der Waals surface area (Å²) in [6, 6.07) is 5.95. The highest BCUT2D eigenvalue weighted by molar-refractivity contribution is 6.25. The first-order chi connectivity index (χ1) is 11.7. The summed E-state index contributed by atoms with van der Waals surface area (Å²) in [7, 11) is 0. The molecule has 0 nitrogen and oxygen atoms in total. The molecular formula is C22H30ClF. The van der Waals surface area contributed by atoms with Gasteiger partial charge in [-0.2, -0.15) is 0 Å². The molecule has 0 N–H and O–H groups in total. The van der Waals surface area contributed by atoms with Crippen molar-refractivity contribution in [3.8, 4) is 0 Å². The molecule has 2 fully saturated rings. The lowest BCUT2D eigenvalue weighted by molar-refractivity contribution is 0.171. The number of aryl methyl sites for hydroxylation is 1. The van der Waals surface area contributed by atoms with Gasteiger partial charge < -0.3 is 0 Å². The van der Waals surface area contributed by atoms with E-state index in [2.05, 4.69) is 12.1 Å². The van der Waals surface area contributed by atoms with Crippen molar-refractivity contribution in [1.82, 2.24) is 0 Å². The molecule has 2 aliphatic rings. The SMILES string of the molecule is CCc1ccc(C2CCC(C3CCC(/C=C/Cl)CC3)CC2)cc1F. The molecule has 0 spiro atoms. The van der Waals surface area contributed by atoms with E-state index in [0.29, 0.717) is 11.8 Å². The zero-order valence-corrected chi connectivity index (χ0v) is 15.6. The third-order valence-corrected chi connectivity index (χ3v) is 6.67. The van der Waals surface area contributed by atoms with Crippen LogP contribution in [0.15, 0.2) is 29.8 Å². The minimum atomic E-state index is -0.0113. The van der Waals surface area contributed by atoms with Crippen LogP contribution in [0.25, 0.3) is 0 Å². The molecule has 24 heavy (non-hydrogen) atoms. The smallest absolute Gasteiger partial charge is 0.126 e. The van der Waals surface area contributed by atoms with E-state index in [0.717, 1.165) is 23.8 Å². The van der Waals surface area contributed by atoms with Gasteiger partial charge in [-0.15, -0.1) is 0 Å². The lowest BCUT2D eigenvalue weighted by Gasteiger charge is -2.37. The Morgan fingerprint density at radius 1 is 1.00 bits per heavy atom. The molecule has 0 aliphatic heterocycles. The van der Waals surface area contributed by atoms with Crippen LogP contribution in [-0.2, 0) is 6.42 Å². The van der Waals surface area contributed by atoms with Gasteiger partial charge in [-0.05, 0) is 98.7 Å². The van der Waals surface area contributed by atoms with Gasteiger partial charge in [0.1, 0.15) is 5.82 Å². The van der Waals surface area contributed by atoms with Gasteiger partial charge in [0.05, 0.1) is 0 Å². The summed E-state index contributed by atoms with van der Waals surface area (Å²) < 4.78 is 14.1. The molecule has 0 heterocycles. The highest BCUT2D eigenvalue weighted by Gasteiger charge is 2.30. The number of benzene rings is 1. The summed E-state index contributed by atoms with van der Waals surface area (Å²) >= 11 is 5.72. The van der Waals surface area contributed by atoms with Gasteiger partial charge in [-0.3, -0.25) is 0 Å². The number of hydrogen-bond acceptors (Lipinski definition) is 0. The Balaban J connectivity index is 1.52. The highest BCUT2D eigenvalue weighted by Crippen LogP contribution is 2.44. The van der Waals surface area contributed by atoms with Crippen LogP contribution < -0.4 is 0 Å². The van der Waals surface area contributed by atoms with E-state index in [-0.39, 0.29) is 5.82 Å². The van der Waals surface area contributed by atoms with Crippen LogP contribution >= 0.6 is 11.6 Å². The Labute approximate surface area is 151 Å². The van der Waals surface area contributed by atoms with Crippen molar-refractivity contribution < 1.29 is 4.39 Å². The van der Waals surface area contributed by atoms with Crippen molar-refractivity contribution in [3.05, 3.63) is 46.8 Å². The second kappa shape index (κ2) is 8.52. The number of allylic oxidation sites excluding steroid dienone is 1. The molecule has 2 heteroatoms. The summed E-state index contributed by atoms with van der Waals surface area (Å²) in [6.45, 7) is 2.01. The monoisotopic (exact) mass is 348 g/mol. The van der Waals surface area contributed by atoms with Crippen molar-refractivity contribution in [2.75, 3.05) is 0 Å². The van der Waals surface area contributed by atoms with E-state index in [9.17, 15) is 4.39 Å². The topological polar surface area (TPSA) is 0 Å². The Hall–Kier alpha value is -0.820. The van der Waals surface area contributed by atoms with Crippen molar-refractivity contribution in [2.45, 2.75) is 70.6 Å². The predicted octanol–water partition coefficient (Wildman–Crippen LogP) is 7.22. The second-order valence-electron chi connectivity index (χ2n) is 7.81. The normalized spacial score (nSPS) is 31.5. The average Bonchev–Trinajstić information content (AvgIpc) is 2.63. The van der Waals surface area contributed by atoms with Crippen LogP contribution in [0.1, 0.15) is 75.3 Å². The third-order valence-electron chi connectivity index (χ3n) is 6.53. The van der Waals surface area contributed by atoms with Crippen LogP contribution in [0.2, 0.25) is 0 Å². The fourth-order valence-electron chi connectivity index (χ4n) is 4.94. The van der Waals surface area contributed by atoms with E-state index < -0.39 is 0 Å². The molecule has 1 aromatic rings. The molecule has 0 atom stereocenters. The van der Waals surface area contributed by atoms with Crippen molar-refractivity contribution in [3.63, 3.8) is 0 Å². The molecule has 0 amide bonds. The standard InChI is InChI=1S/C22H30ClF/c1-2-17-7-12-21(15-22(17)24)20-10-8-19(9-11-20)18-5-3-16(4-6-18)13-14-23/h7,12-16,18-20H,2-6,8-11H2,1H3/b14-13+. The van der Waals surface area contributed by atoms with Crippen molar-refractivity contribution in [1.29, 1.82) is 0 Å². The summed E-state index contributed by atoms with van der Waals surface area (Å²) in [4.78, 5) is 0. The molecule has 0 bridgehead atoms. The summed E-state index contributed by atoms with van der Waals surface area (Å²) in [6.07, 6.45) is 13.4. The first-order valence-corrected chi connectivity index (χ1v) is 10.2. The van der Waals surface area contributed by atoms with Crippen LogP contribution in [-0.4, -0.2) is 0 Å². The van der Waals surface area contributed by atoms with Gasteiger partial charge in [0, 0.05) is 5.54 Å². The fourth-order valence-corrected chi connectivity index (χ4v) is 5.15. The fraction of sp³-hybridized carbons (Fsp3) is 0.636. The van der Waals surface area contributed by atoms with Crippen molar-refractivity contribution >= 4 is 11.6 Å². The lowest BCUT2D eigenvalue weighted by atomic mass is 9.68. The maximum Gasteiger partial charge on any atom is 0.126 e. The Morgan fingerprint density at radius 2 is 1.62 bits per heavy atom. The molecule has 0 saturated heterocycles. The second-order valence-corrected chi connectivity index (χ2v) is 8.06. The number of halogens is 2. The quantitative estimate of drug-likeness (QED) is 0.538. The molecular weight excluding hydrogens is 319 g/mol. The van der Waals surface area contributed by atoms with Gasteiger partial charge in [-0.1, -0.05) is 36.7 Å². The van der Waals surface area contributed by atoms with E-state index in [1.807, 2.05) is 13.0 Å². The Morgan fingerprint density at radius 3 is 2.17 bits per heavy atom. The molecule has 0 radical (unpaired) electrons. The minimum Gasteiger partial charge on any atom is -0.207 e. The number of rotatable bonds is 4. The van der Waals surface area contributed by atoms with Gasteiger partial charge in [0.25, 0.3) is 0 Å². The van der Waals surface area contributed by atoms with Crippen LogP contribution in [0.4, 0.5) is 4.39 Å². The molecule has 2 saturated carbocycles. The van der Waals surface area contributed by atoms with E-state index in [4.69, 9.17) is 11.6 Å². The maximum atomic E-state index is 14.1. The molecule has 3 rings (SSSR count). The zero-order valence-electron chi connectivity index (χ0n) is 14.8. The van der Waals surface area contributed by atoms with Crippen LogP contribution in [0.5, 0.6) is 0 Å². The molecule has 0 aromatic heterocycles. The maximum absolute atomic E-state index is 14.1. The predicted molar refractivity (Wildman–Crippen MR) is 101 cm³/mol. The van der Waals surface area contributed by atoms with Gasteiger partial charge in [0.2, 0.25) is 0 Å². The molecule has 132 valence electrons. The number of hydrogen-bond donors (Lipinski definition) is 0. The van der Waals surface area contributed by atoms with Gasteiger partial charge >= 0.3 is 0 Å². The van der Waals surface area contributed by atoms with E-state index in [1.54, 1.807) is 11.6 Å². The first-order valence-electron chi connectivity index (χ1n) is 9.76.